The molecule has 2 atom stereocenters. The molecule has 10 nitrogen and oxygen atoms in total. The van der Waals surface area contributed by atoms with Crippen molar-refractivity contribution < 1.29 is 14.6 Å². The molecule has 192 valence electrons. The van der Waals surface area contributed by atoms with E-state index in [-0.39, 0.29) is 18.1 Å². The summed E-state index contributed by atoms with van der Waals surface area (Å²) in [6.45, 7) is 7.96. The molecule has 2 aliphatic rings. The topological polar surface area (TPSA) is 117 Å². The van der Waals surface area contributed by atoms with Crippen molar-refractivity contribution in [1.82, 2.24) is 24.7 Å². The van der Waals surface area contributed by atoms with Gasteiger partial charge >= 0.3 is 0 Å². The highest BCUT2D eigenvalue weighted by molar-refractivity contribution is 6.13. The number of aliphatic hydroxyl groups excluding tert-OH is 1. The number of benzene rings is 1. The molecule has 3 aromatic heterocycles. The molecule has 1 aromatic carbocycles. The highest BCUT2D eigenvalue weighted by Crippen LogP contribution is 2.32. The van der Waals surface area contributed by atoms with E-state index in [9.17, 15) is 9.90 Å². The van der Waals surface area contributed by atoms with Crippen LogP contribution in [0.5, 0.6) is 5.75 Å². The maximum atomic E-state index is 13.5. The molecule has 0 radical (unpaired) electrons. The number of imidazole rings is 1. The minimum absolute atomic E-state index is 0.0658. The van der Waals surface area contributed by atoms with E-state index < -0.39 is 0 Å². The average Bonchev–Trinajstić information content (AvgIpc) is 3.22. The third-order valence-corrected chi connectivity index (χ3v) is 7.01. The van der Waals surface area contributed by atoms with Crippen LogP contribution in [0.15, 0.2) is 43.0 Å². The van der Waals surface area contributed by atoms with Gasteiger partial charge in [-0.2, -0.15) is 0 Å². The fourth-order valence-electron chi connectivity index (χ4n) is 5.36. The lowest BCUT2D eigenvalue weighted by molar-refractivity contribution is -0.0103. The van der Waals surface area contributed by atoms with Crippen LogP contribution >= 0.6 is 0 Å². The fourth-order valence-corrected chi connectivity index (χ4v) is 5.36. The molecule has 37 heavy (non-hydrogen) atoms. The molecule has 6 rings (SSSR count). The van der Waals surface area contributed by atoms with Crippen molar-refractivity contribution in [3.8, 4) is 5.75 Å². The molecule has 1 aliphatic heterocycles. The van der Waals surface area contributed by atoms with Crippen LogP contribution in [0, 0.1) is 6.92 Å². The summed E-state index contributed by atoms with van der Waals surface area (Å²) in [5.74, 6) is 0.296. The van der Waals surface area contributed by atoms with Crippen LogP contribution in [0.2, 0.25) is 0 Å². The molecule has 4 aromatic rings. The van der Waals surface area contributed by atoms with E-state index in [0.29, 0.717) is 58.6 Å². The number of aryl methyl sites for hydroxylation is 1. The number of carbonyl (C=O) groups is 1. The number of nitrogens with zero attached hydrogens (tertiary/aromatic N) is 5. The standard InChI is InChI=1S/C27H31N7O3/c1-15-11-33(12-16(2)30-15)22-5-4-21(24-25(22)29-7-6-28-24)27(36)32-18-8-23(37-20-9-19(35)10-20)26-31-17(3)13-34(26)14-18/h4-8,13-16,19-20,30,35H,9-12H2,1-3H3,(H,32,36)/t15-,16-,19?,20?/m1/s1. The van der Waals surface area contributed by atoms with Gasteiger partial charge in [-0.15, -0.1) is 0 Å². The van der Waals surface area contributed by atoms with Gasteiger partial charge in [0, 0.05) is 68.9 Å². The Balaban J connectivity index is 1.32. The molecule has 4 heterocycles. The Morgan fingerprint density at radius 1 is 1.11 bits per heavy atom. The number of aromatic nitrogens is 4. The van der Waals surface area contributed by atoms with Crippen LogP contribution in [-0.4, -0.2) is 67.7 Å². The Morgan fingerprint density at radius 3 is 2.57 bits per heavy atom. The van der Waals surface area contributed by atoms with Crippen molar-refractivity contribution >= 4 is 34.0 Å². The number of hydrogen-bond donors (Lipinski definition) is 3. The summed E-state index contributed by atoms with van der Waals surface area (Å²) < 4.78 is 7.97. The Morgan fingerprint density at radius 2 is 1.84 bits per heavy atom. The molecule has 0 spiro atoms. The molecule has 3 N–H and O–H groups in total. The molecule has 1 saturated heterocycles. The number of piperazine rings is 1. The van der Waals surface area contributed by atoms with Crippen molar-refractivity contribution in [1.29, 1.82) is 0 Å². The lowest BCUT2D eigenvalue weighted by Crippen LogP contribution is -2.54. The molecule has 0 bridgehead atoms. The highest BCUT2D eigenvalue weighted by Gasteiger charge is 2.30. The van der Waals surface area contributed by atoms with E-state index in [1.165, 1.54) is 0 Å². The van der Waals surface area contributed by atoms with Gasteiger partial charge in [-0.05, 0) is 32.9 Å². The summed E-state index contributed by atoms with van der Waals surface area (Å²) in [7, 11) is 0. The smallest absolute Gasteiger partial charge is 0.257 e. The first-order valence-electron chi connectivity index (χ1n) is 12.7. The molecule has 1 aliphatic carbocycles. The predicted molar refractivity (Wildman–Crippen MR) is 141 cm³/mol. The summed E-state index contributed by atoms with van der Waals surface area (Å²) in [5.41, 5.74) is 4.81. The van der Waals surface area contributed by atoms with Crippen molar-refractivity contribution in [3.05, 3.63) is 54.2 Å². The lowest BCUT2D eigenvalue weighted by Gasteiger charge is -2.38. The Bertz CT molecular complexity index is 1470. The Kier molecular flexibility index (Phi) is 5.92. The number of nitrogens with one attached hydrogen (secondary N) is 2. The van der Waals surface area contributed by atoms with Crippen LogP contribution in [-0.2, 0) is 0 Å². The SMILES string of the molecule is Cc1cn2cc(NC(=O)c3ccc(N4C[C@@H](C)N[C@H](C)C4)c4nccnc34)cc(OC3CC(O)C3)c2n1. The quantitative estimate of drug-likeness (QED) is 0.382. The molecular weight excluding hydrogens is 470 g/mol. The van der Waals surface area contributed by atoms with E-state index in [1.54, 1.807) is 18.5 Å². The number of carbonyl (C=O) groups excluding carboxylic acids is 1. The van der Waals surface area contributed by atoms with Gasteiger partial charge in [0.2, 0.25) is 0 Å². The third-order valence-electron chi connectivity index (χ3n) is 7.01. The summed E-state index contributed by atoms with van der Waals surface area (Å²) in [5, 5.41) is 16.2. The van der Waals surface area contributed by atoms with Gasteiger partial charge in [-0.25, -0.2) is 4.98 Å². The number of hydrogen-bond acceptors (Lipinski definition) is 8. The zero-order valence-electron chi connectivity index (χ0n) is 21.2. The van der Waals surface area contributed by atoms with Gasteiger partial charge < -0.3 is 29.8 Å². The monoisotopic (exact) mass is 501 g/mol. The second-order valence-corrected chi connectivity index (χ2v) is 10.3. The first-order chi connectivity index (χ1) is 17.8. The van der Waals surface area contributed by atoms with E-state index >= 15 is 0 Å². The van der Waals surface area contributed by atoms with E-state index in [2.05, 4.69) is 44.3 Å². The molecule has 2 fully saturated rings. The van der Waals surface area contributed by atoms with Gasteiger partial charge in [0.05, 0.1) is 28.7 Å². The molecular formula is C27H31N7O3. The van der Waals surface area contributed by atoms with Gasteiger partial charge in [-0.3, -0.25) is 14.8 Å². The molecule has 10 heteroatoms. The predicted octanol–water partition coefficient (Wildman–Crippen LogP) is 2.93. The fraction of sp³-hybridized carbons (Fsp3) is 0.407. The molecule has 1 amide bonds. The normalized spacial score (nSPS) is 23.7. The second-order valence-electron chi connectivity index (χ2n) is 10.3. The maximum absolute atomic E-state index is 13.5. The van der Waals surface area contributed by atoms with Gasteiger partial charge in [0.25, 0.3) is 5.91 Å². The second kappa shape index (κ2) is 9.28. The Labute approximate surface area is 214 Å². The first-order valence-corrected chi connectivity index (χ1v) is 12.7. The van der Waals surface area contributed by atoms with Crippen molar-refractivity contribution in [2.45, 2.75) is 57.9 Å². The number of rotatable bonds is 5. The molecule has 0 unspecified atom stereocenters. The van der Waals surface area contributed by atoms with Gasteiger partial charge in [0.15, 0.2) is 11.4 Å². The van der Waals surface area contributed by atoms with Gasteiger partial charge in [0.1, 0.15) is 17.1 Å². The lowest BCUT2D eigenvalue weighted by atomic mass is 9.92. The summed E-state index contributed by atoms with van der Waals surface area (Å²) in [6.07, 6.45) is 7.78. The average molecular weight is 502 g/mol. The number of ether oxygens (including phenoxy) is 1. The highest BCUT2D eigenvalue weighted by atomic mass is 16.5. The van der Waals surface area contributed by atoms with Crippen LogP contribution in [0.4, 0.5) is 11.4 Å². The summed E-state index contributed by atoms with van der Waals surface area (Å²) in [6, 6.07) is 6.28. The number of anilines is 2. The van der Waals surface area contributed by atoms with Crippen molar-refractivity contribution in [2.24, 2.45) is 0 Å². The number of aliphatic hydroxyl groups is 1. The van der Waals surface area contributed by atoms with Crippen molar-refractivity contribution in [3.63, 3.8) is 0 Å². The minimum atomic E-state index is -0.324. The third kappa shape index (κ3) is 4.58. The number of amides is 1. The summed E-state index contributed by atoms with van der Waals surface area (Å²) in [4.78, 5) is 29.5. The van der Waals surface area contributed by atoms with E-state index in [4.69, 9.17) is 4.74 Å². The van der Waals surface area contributed by atoms with Crippen LogP contribution < -0.4 is 20.3 Å². The maximum Gasteiger partial charge on any atom is 0.257 e. The van der Waals surface area contributed by atoms with Crippen LogP contribution in [0.25, 0.3) is 16.7 Å². The zero-order chi connectivity index (χ0) is 25.7. The van der Waals surface area contributed by atoms with Gasteiger partial charge in [-0.1, -0.05) is 0 Å². The number of fused-ring (bicyclic) bond motifs is 2. The Hall–Kier alpha value is -3.76. The first kappa shape index (κ1) is 23.6. The largest absolute Gasteiger partial charge is 0.486 e. The number of pyridine rings is 1. The van der Waals surface area contributed by atoms with Crippen LogP contribution in [0.1, 0.15) is 42.7 Å². The zero-order valence-corrected chi connectivity index (χ0v) is 21.2. The van der Waals surface area contributed by atoms with Crippen LogP contribution in [0.3, 0.4) is 0 Å². The summed E-state index contributed by atoms with van der Waals surface area (Å²) >= 11 is 0. The molecule has 1 saturated carbocycles. The van der Waals surface area contributed by atoms with Crippen molar-refractivity contribution in [2.75, 3.05) is 23.3 Å². The van der Waals surface area contributed by atoms with E-state index in [0.717, 1.165) is 24.5 Å². The van der Waals surface area contributed by atoms with E-state index in [1.807, 2.05) is 35.9 Å². The minimum Gasteiger partial charge on any atom is -0.486 e.